The van der Waals surface area contributed by atoms with Crippen LogP contribution in [0.25, 0.3) is 0 Å². The van der Waals surface area contributed by atoms with Crippen molar-refractivity contribution >= 4 is 5.97 Å². The van der Waals surface area contributed by atoms with Crippen molar-refractivity contribution in [2.75, 3.05) is 20.3 Å². The van der Waals surface area contributed by atoms with Crippen LogP contribution in [0, 0.1) is 0 Å². The molecule has 1 aromatic carbocycles. The second-order valence-electron chi connectivity index (χ2n) is 4.60. The van der Waals surface area contributed by atoms with Gasteiger partial charge < -0.3 is 9.47 Å². The minimum atomic E-state index is -0.829. The number of carbonyl (C=O) groups is 1. The summed E-state index contributed by atoms with van der Waals surface area (Å²) in [7, 11) is 1.39. The molecule has 4 heteroatoms. The van der Waals surface area contributed by atoms with Gasteiger partial charge in [-0.1, -0.05) is 32.0 Å². The van der Waals surface area contributed by atoms with Gasteiger partial charge >= 0.3 is 5.97 Å². The quantitative estimate of drug-likeness (QED) is 0.768. The molecule has 19 heavy (non-hydrogen) atoms. The number of hydrogen-bond donors (Lipinski definition) is 1. The van der Waals surface area contributed by atoms with Gasteiger partial charge in [0.15, 0.2) is 0 Å². The number of hydrogen-bond acceptors (Lipinski definition) is 4. The zero-order valence-corrected chi connectivity index (χ0v) is 12.2. The van der Waals surface area contributed by atoms with Gasteiger partial charge in [-0.25, -0.2) is 4.79 Å². The minimum Gasteiger partial charge on any atom is -0.491 e. The van der Waals surface area contributed by atoms with E-state index in [9.17, 15) is 4.79 Å². The molecule has 0 fully saturated rings. The maximum Gasteiger partial charge on any atom is 0.329 e. The SMILES string of the molecule is CCNC(C)(COc1ccccc1CC)C(=O)OC. The number of methoxy groups -OCH3 is 1. The average Bonchev–Trinajstić information content (AvgIpc) is 2.44. The molecule has 1 unspecified atom stereocenters. The highest BCUT2D eigenvalue weighted by molar-refractivity contribution is 5.80. The van der Waals surface area contributed by atoms with Crippen LogP contribution in [-0.2, 0) is 16.0 Å². The van der Waals surface area contributed by atoms with Crippen LogP contribution in [-0.4, -0.2) is 31.8 Å². The van der Waals surface area contributed by atoms with Crippen molar-refractivity contribution in [3.05, 3.63) is 29.8 Å². The highest BCUT2D eigenvalue weighted by Gasteiger charge is 2.34. The lowest BCUT2D eigenvalue weighted by Gasteiger charge is -2.27. The molecule has 0 aliphatic rings. The summed E-state index contributed by atoms with van der Waals surface area (Å²) in [5.74, 6) is 0.501. The Kier molecular flexibility index (Phi) is 5.83. The van der Waals surface area contributed by atoms with Crippen molar-refractivity contribution in [1.82, 2.24) is 5.32 Å². The lowest BCUT2D eigenvalue weighted by Crippen LogP contribution is -2.54. The fourth-order valence-corrected chi connectivity index (χ4v) is 1.96. The molecule has 0 saturated carbocycles. The monoisotopic (exact) mass is 265 g/mol. The number of carbonyl (C=O) groups excluding carboxylic acids is 1. The summed E-state index contributed by atoms with van der Waals surface area (Å²) < 4.78 is 10.6. The Balaban J connectivity index is 2.79. The lowest BCUT2D eigenvalue weighted by atomic mass is 10.0. The van der Waals surface area contributed by atoms with Crippen LogP contribution < -0.4 is 10.1 Å². The molecule has 0 amide bonds. The van der Waals surface area contributed by atoms with Crippen LogP contribution in [0.2, 0.25) is 0 Å². The average molecular weight is 265 g/mol. The van der Waals surface area contributed by atoms with Crippen LogP contribution >= 0.6 is 0 Å². The normalized spacial score (nSPS) is 13.7. The standard InChI is InChI=1S/C15H23NO3/c1-5-12-9-7-8-10-13(12)19-11-15(3,16-6-2)14(17)18-4/h7-10,16H,5-6,11H2,1-4H3. The van der Waals surface area contributed by atoms with E-state index in [2.05, 4.69) is 12.2 Å². The first kappa shape index (κ1) is 15.5. The van der Waals surface area contributed by atoms with Gasteiger partial charge in [-0.05, 0) is 31.5 Å². The van der Waals surface area contributed by atoms with E-state index in [-0.39, 0.29) is 12.6 Å². The largest absolute Gasteiger partial charge is 0.491 e. The smallest absolute Gasteiger partial charge is 0.329 e. The van der Waals surface area contributed by atoms with Gasteiger partial charge in [-0.3, -0.25) is 5.32 Å². The van der Waals surface area contributed by atoms with Crippen molar-refractivity contribution < 1.29 is 14.3 Å². The molecular formula is C15H23NO3. The molecule has 4 nitrogen and oxygen atoms in total. The zero-order chi connectivity index (χ0) is 14.3. The van der Waals surface area contributed by atoms with Gasteiger partial charge in [0, 0.05) is 0 Å². The molecule has 1 N–H and O–H groups in total. The number of likely N-dealkylation sites (N-methyl/N-ethyl adjacent to an activating group) is 1. The highest BCUT2D eigenvalue weighted by atomic mass is 16.5. The summed E-state index contributed by atoms with van der Waals surface area (Å²) in [5.41, 5.74) is 0.302. The van der Waals surface area contributed by atoms with Crippen LogP contribution in [0.1, 0.15) is 26.3 Å². The Bertz CT molecular complexity index is 420. The minimum absolute atomic E-state index is 0.241. The Labute approximate surface area is 115 Å². The summed E-state index contributed by atoms with van der Waals surface area (Å²) >= 11 is 0. The molecule has 0 aromatic heterocycles. The van der Waals surface area contributed by atoms with Crippen molar-refractivity contribution in [3.8, 4) is 5.75 Å². The van der Waals surface area contributed by atoms with Gasteiger partial charge in [0.2, 0.25) is 0 Å². The maximum absolute atomic E-state index is 11.8. The molecule has 1 rings (SSSR count). The van der Waals surface area contributed by atoms with E-state index in [1.165, 1.54) is 7.11 Å². The summed E-state index contributed by atoms with van der Waals surface area (Å²) in [6, 6.07) is 7.85. The summed E-state index contributed by atoms with van der Waals surface area (Å²) in [6.45, 7) is 6.72. The molecule has 0 aliphatic heterocycles. The topological polar surface area (TPSA) is 47.6 Å². The molecular weight excluding hydrogens is 242 g/mol. The molecule has 0 heterocycles. The summed E-state index contributed by atoms with van der Waals surface area (Å²) in [5, 5.41) is 3.12. The van der Waals surface area contributed by atoms with Gasteiger partial charge in [0.05, 0.1) is 7.11 Å². The summed E-state index contributed by atoms with van der Waals surface area (Å²) in [6.07, 6.45) is 0.895. The molecule has 106 valence electrons. The van der Waals surface area contributed by atoms with E-state index >= 15 is 0 Å². The molecule has 0 bridgehead atoms. The zero-order valence-electron chi connectivity index (χ0n) is 12.2. The predicted molar refractivity (Wildman–Crippen MR) is 75.4 cm³/mol. The highest BCUT2D eigenvalue weighted by Crippen LogP contribution is 2.20. The first-order chi connectivity index (χ1) is 9.07. The van der Waals surface area contributed by atoms with Crippen molar-refractivity contribution in [2.24, 2.45) is 0 Å². The Morgan fingerprint density at radius 1 is 1.32 bits per heavy atom. The van der Waals surface area contributed by atoms with Crippen molar-refractivity contribution in [2.45, 2.75) is 32.7 Å². The number of aryl methyl sites for hydroxylation is 1. The van der Waals surface area contributed by atoms with E-state index in [4.69, 9.17) is 9.47 Å². The Hall–Kier alpha value is -1.55. The number of rotatable bonds is 7. The number of esters is 1. The van der Waals surface area contributed by atoms with Gasteiger partial charge in [0.1, 0.15) is 17.9 Å². The van der Waals surface area contributed by atoms with E-state index in [1.807, 2.05) is 31.2 Å². The molecule has 0 radical (unpaired) electrons. The fourth-order valence-electron chi connectivity index (χ4n) is 1.96. The summed E-state index contributed by atoms with van der Waals surface area (Å²) in [4.78, 5) is 11.8. The van der Waals surface area contributed by atoms with E-state index in [1.54, 1.807) is 6.92 Å². The van der Waals surface area contributed by atoms with Crippen LogP contribution in [0.15, 0.2) is 24.3 Å². The second-order valence-corrected chi connectivity index (χ2v) is 4.60. The van der Waals surface area contributed by atoms with E-state index in [0.29, 0.717) is 6.54 Å². The van der Waals surface area contributed by atoms with Crippen LogP contribution in [0.5, 0.6) is 5.75 Å². The van der Waals surface area contributed by atoms with Crippen LogP contribution in [0.4, 0.5) is 0 Å². The predicted octanol–water partition coefficient (Wildman–Crippen LogP) is 2.17. The van der Waals surface area contributed by atoms with Crippen molar-refractivity contribution in [1.29, 1.82) is 0 Å². The van der Waals surface area contributed by atoms with Gasteiger partial charge in [0.25, 0.3) is 0 Å². The maximum atomic E-state index is 11.8. The number of nitrogens with one attached hydrogen (secondary N) is 1. The molecule has 1 atom stereocenters. The number of benzene rings is 1. The lowest BCUT2D eigenvalue weighted by molar-refractivity contribution is -0.149. The third kappa shape index (κ3) is 3.96. The van der Waals surface area contributed by atoms with Gasteiger partial charge in [-0.15, -0.1) is 0 Å². The molecule has 0 spiro atoms. The van der Waals surface area contributed by atoms with Gasteiger partial charge in [-0.2, -0.15) is 0 Å². The molecule has 0 saturated heterocycles. The molecule has 0 aliphatic carbocycles. The first-order valence-electron chi connectivity index (χ1n) is 6.61. The first-order valence-corrected chi connectivity index (χ1v) is 6.61. The number of ether oxygens (including phenoxy) is 2. The van der Waals surface area contributed by atoms with Crippen LogP contribution in [0.3, 0.4) is 0 Å². The van der Waals surface area contributed by atoms with E-state index in [0.717, 1.165) is 17.7 Å². The number of para-hydroxylation sites is 1. The third-order valence-corrected chi connectivity index (χ3v) is 3.07. The van der Waals surface area contributed by atoms with E-state index < -0.39 is 5.54 Å². The van der Waals surface area contributed by atoms with Crippen molar-refractivity contribution in [3.63, 3.8) is 0 Å². The Morgan fingerprint density at radius 3 is 2.58 bits per heavy atom. The third-order valence-electron chi connectivity index (χ3n) is 3.07. The Morgan fingerprint density at radius 2 is 2.00 bits per heavy atom. The molecule has 1 aromatic rings. The second kappa shape index (κ2) is 7.14. The fraction of sp³-hybridized carbons (Fsp3) is 0.533.